The van der Waals surface area contributed by atoms with Gasteiger partial charge in [-0.2, -0.15) is 0 Å². The number of carbonyl (C=O) groups excluding carboxylic acids is 3. The Balaban J connectivity index is 0.878. The molecule has 302 valence electrons. The summed E-state index contributed by atoms with van der Waals surface area (Å²) < 4.78 is 4.77. The quantitative estimate of drug-likeness (QED) is 0.132. The molecule has 3 amide bonds. The van der Waals surface area contributed by atoms with Crippen molar-refractivity contribution in [2.75, 3.05) is 13.7 Å². The van der Waals surface area contributed by atoms with E-state index in [0.717, 1.165) is 82.8 Å². The van der Waals surface area contributed by atoms with Crippen LogP contribution in [0.15, 0.2) is 84.2 Å². The molecule has 2 saturated carbocycles. The van der Waals surface area contributed by atoms with E-state index < -0.39 is 12.1 Å². The summed E-state index contributed by atoms with van der Waals surface area (Å²) in [6.45, 7) is 9.21. The van der Waals surface area contributed by atoms with Crippen LogP contribution >= 0.6 is 0 Å². The van der Waals surface area contributed by atoms with Gasteiger partial charge < -0.3 is 25.3 Å². The second-order valence-corrected chi connectivity index (χ2v) is 17.2. The number of fused-ring (bicyclic) bond motifs is 2. The molecular formula is C47H55N7O4. The molecule has 11 nitrogen and oxygen atoms in total. The highest BCUT2D eigenvalue weighted by atomic mass is 16.5. The third kappa shape index (κ3) is 7.95. The topological polar surface area (TPSA) is 142 Å². The van der Waals surface area contributed by atoms with Crippen molar-refractivity contribution in [3.8, 4) is 22.4 Å². The van der Waals surface area contributed by atoms with Gasteiger partial charge in [-0.1, -0.05) is 82.3 Å². The van der Waals surface area contributed by atoms with Gasteiger partial charge in [0.05, 0.1) is 25.0 Å². The molecule has 58 heavy (non-hydrogen) atoms. The average Bonchev–Trinajstić information content (AvgIpc) is 4.10. The maximum Gasteiger partial charge on any atom is 0.407 e. The predicted molar refractivity (Wildman–Crippen MR) is 225 cm³/mol. The standard InChI is InChI=1S/C47H55N7O4/c1-27(2)37-19-8-29(23-48-37)24-51-45(55)42-35-18-17-34(21-35)41(42)38-22-36(25-49-38)32-11-9-30(10-12-32)31-13-15-33(16-14-31)39-26-50-44(52-39)40-7-6-20-54(40)46(56)43(28(3)4)53-47(57)58-5/h8-16,19,23,25-28,34-35,40-43H,6-7,17-18,20-22,24H2,1-5H3,(H,50,52)(H,51,55)(H,53,57)/t34?,35?,40-,41+,42-,43-/m0/s1. The SMILES string of the molecule is COC(=O)N[C@H](C(=O)N1CCC[C@H]1c1ncc(-c2ccc(-c3ccc(C4=CN=C([C@H]5C6CCC(C6)[C@@H]5C(=O)NCc5ccc(C(C)C)nc5)C4)cc3)cc2)[nH]1)C(C)C. The highest BCUT2D eigenvalue weighted by Crippen LogP contribution is 2.54. The second kappa shape index (κ2) is 16.7. The largest absolute Gasteiger partial charge is 0.453 e. The number of alkyl carbamates (subject to hydrolysis) is 1. The van der Waals surface area contributed by atoms with E-state index in [1.54, 1.807) is 0 Å². The van der Waals surface area contributed by atoms with Crippen LogP contribution < -0.4 is 10.6 Å². The molecule has 2 aliphatic carbocycles. The van der Waals surface area contributed by atoms with E-state index in [2.05, 4.69) is 95.1 Å². The van der Waals surface area contributed by atoms with Crippen LogP contribution in [0.5, 0.6) is 0 Å². The van der Waals surface area contributed by atoms with Gasteiger partial charge >= 0.3 is 6.09 Å². The monoisotopic (exact) mass is 781 g/mol. The molecule has 0 spiro atoms. The van der Waals surface area contributed by atoms with Crippen molar-refractivity contribution in [2.45, 2.75) is 90.8 Å². The molecule has 2 aromatic carbocycles. The summed E-state index contributed by atoms with van der Waals surface area (Å²) >= 11 is 0. The number of nitrogens with zero attached hydrogens (tertiary/aromatic N) is 4. The number of aliphatic imine (C=N–C) groups is 1. The fourth-order valence-electron chi connectivity index (χ4n) is 9.73. The number of hydrogen-bond acceptors (Lipinski definition) is 7. The first kappa shape index (κ1) is 39.3. The summed E-state index contributed by atoms with van der Waals surface area (Å²) in [5.41, 5.74) is 9.74. The van der Waals surface area contributed by atoms with E-state index in [1.165, 1.54) is 19.1 Å². The maximum absolute atomic E-state index is 13.7. The van der Waals surface area contributed by atoms with Gasteiger partial charge in [0.15, 0.2) is 0 Å². The minimum absolute atomic E-state index is 0.0206. The van der Waals surface area contributed by atoms with Gasteiger partial charge in [-0.25, -0.2) is 9.78 Å². The van der Waals surface area contributed by atoms with Crippen LogP contribution in [-0.2, 0) is 20.9 Å². The molecule has 8 rings (SSSR count). The second-order valence-electron chi connectivity index (χ2n) is 17.2. The lowest BCUT2D eigenvalue weighted by Gasteiger charge is -2.30. The number of imidazole rings is 1. The Morgan fingerprint density at radius 3 is 2.24 bits per heavy atom. The van der Waals surface area contributed by atoms with Gasteiger partial charge in [0.2, 0.25) is 11.8 Å². The number of pyridine rings is 1. The molecular weight excluding hydrogens is 727 g/mol. The lowest BCUT2D eigenvalue weighted by Crippen LogP contribution is -2.51. The zero-order valence-electron chi connectivity index (χ0n) is 34.2. The summed E-state index contributed by atoms with van der Waals surface area (Å²) in [6.07, 6.45) is 11.0. The number of rotatable bonds is 12. The summed E-state index contributed by atoms with van der Waals surface area (Å²) in [7, 11) is 1.30. The average molecular weight is 782 g/mol. The lowest BCUT2D eigenvalue weighted by molar-refractivity contribution is -0.135. The number of ether oxygens (including phenoxy) is 1. The number of likely N-dealkylation sites (tertiary alicyclic amines) is 1. The first-order chi connectivity index (χ1) is 28.1. The zero-order chi connectivity index (χ0) is 40.5. The number of allylic oxidation sites excluding steroid dienone is 1. The third-order valence-electron chi connectivity index (χ3n) is 12.9. The fraction of sp³-hybridized carbons (Fsp3) is 0.447. The summed E-state index contributed by atoms with van der Waals surface area (Å²) in [6, 6.07) is 20.4. The smallest absolute Gasteiger partial charge is 0.407 e. The Bertz CT molecular complexity index is 2190. The van der Waals surface area contributed by atoms with Crippen molar-refractivity contribution >= 4 is 29.2 Å². The van der Waals surface area contributed by atoms with E-state index in [0.29, 0.717) is 30.8 Å². The third-order valence-corrected chi connectivity index (χ3v) is 12.9. The molecule has 2 aliphatic heterocycles. The molecule has 11 heteroatoms. The molecule has 2 unspecified atom stereocenters. The summed E-state index contributed by atoms with van der Waals surface area (Å²) in [4.78, 5) is 58.8. The van der Waals surface area contributed by atoms with E-state index in [-0.39, 0.29) is 35.6 Å². The van der Waals surface area contributed by atoms with Gasteiger partial charge in [-0.05, 0) is 95.2 Å². The predicted octanol–water partition coefficient (Wildman–Crippen LogP) is 8.47. The maximum atomic E-state index is 13.7. The highest BCUT2D eigenvalue weighted by molar-refractivity contribution is 6.02. The van der Waals surface area contributed by atoms with Gasteiger partial charge in [-0.3, -0.25) is 19.6 Å². The number of carbonyl (C=O) groups is 3. The van der Waals surface area contributed by atoms with Crippen molar-refractivity contribution in [3.63, 3.8) is 0 Å². The normalized spacial score (nSPS) is 22.9. The van der Waals surface area contributed by atoms with Crippen LogP contribution in [0.25, 0.3) is 28.0 Å². The van der Waals surface area contributed by atoms with E-state index in [1.807, 2.05) is 37.3 Å². The highest BCUT2D eigenvalue weighted by Gasteiger charge is 2.52. The molecule has 4 aliphatic rings. The van der Waals surface area contributed by atoms with Gasteiger partial charge in [0, 0.05) is 55.1 Å². The Kier molecular flexibility index (Phi) is 11.3. The number of aromatic nitrogens is 3. The molecule has 2 aromatic heterocycles. The molecule has 4 aromatic rings. The molecule has 1 saturated heterocycles. The molecule has 3 N–H and O–H groups in total. The number of nitrogens with one attached hydrogen (secondary N) is 3. The number of H-pyrrole nitrogens is 1. The Morgan fingerprint density at radius 1 is 0.862 bits per heavy atom. The van der Waals surface area contributed by atoms with Crippen LogP contribution in [-0.4, -0.2) is 63.2 Å². The van der Waals surface area contributed by atoms with Gasteiger partial charge in [0.25, 0.3) is 0 Å². The first-order valence-electron chi connectivity index (χ1n) is 21.0. The molecule has 4 heterocycles. The Morgan fingerprint density at radius 2 is 1.57 bits per heavy atom. The van der Waals surface area contributed by atoms with Crippen molar-refractivity contribution in [3.05, 3.63) is 102 Å². The number of hydrogen-bond donors (Lipinski definition) is 3. The van der Waals surface area contributed by atoms with E-state index >= 15 is 0 Å². The van der Waals surface area contributed by atoms with E-state index in [9.17, 15) is 14.4 Å². The first-order valence-corrected chi connectivity index (χ1v) is 21.0. The summed E-state index contributed by atoms with van der Waals surface area (Å²) in [5.74, 6) is 2.20. The van der Waals surface area contributed by atoms with Gasteiger partial charge in [0.1, 0.15) is 11.9 Å². The number of amides is 3. The molecule has 3 fully saturated rings. The van der Waals surface area contributed by atoms with Crippen molar-refractivity contribution in [1.82, 2.24) is 30.5 Å². The van der Waals surface area contributed by atoms with E-state index in [4.69, 9.17) is 14.7 Å². The van der Waals surface area contributed by atoms with Gasteiger partial charge in [-0.15, -0.1) is 0 Å². The molecule has 6 atom stereocenters. The van der Waals surface area contributed by atoms with Crippen molar-refractivity contribution < 1.29 is 19.1 Å². The number of aromatic amines is 1. The molecule has 0 radical (unpaired) electrons. The van der Waals surface area contributed by atoms with Crippen molar-refractivity contribution in [1.29, 1.82) is 0 Å². The minimum atomic E-state index is -0.674. The minimum Gasteiger partial charge on any atom is -0.453 e. The van der Waals surface area contributed by atoms with Crippen LogP contribution in [0.4, 0.5) is 4.79 Å². The zero-order valence-corrected chi connectivity index (χ0v) is 34.2. The van der Waals surface area contributed by atoms with Crippen LogP contribution in [0.3, 0.4) is 0 Å². The number of benzene rings is 2. The Labute approximate surface area is 341 Å². The molecule has 2 bridgehead atoms. The van der Waals surface area contributed by atoms with Crippen molar-refractivity contribution in [2.24, 2.45) is 34.6 Å². The number of methoxy groups -OCH3 is 1. The lowest BCUT2D eigenvalue weighted by atomic mass is 9.75. The van der Waals surface area contributed by atoms with Crippen LogP contribution in [0.1, 0.15) is 101 Å². The van der Waals surface area contributed by atoms with Crippen LogP contribution in [0.2, 0.25) is 0 Å². The van der Waals surface area contributed by atoms with Crippen LogP contribution in [0, 0.1) is 29.6 Å². The Hall–Kier alpha value is -5.58. The fourth-order valence-corrected chi connectivity index (χ4v) is 9.73. The summed E-state index contributed by atoms with van der Waals surface area (Å²) in [5, 5.41) is 5.96.